The van der Waals surface area contributed by atoms with Gasteiger partial charge in [0.05, 0.1) is 22.6 Å². The van der Waals surface area contributed by atoms with Gasteiger partial charge >= 0.3 is 0 Å². The number of anilines is 1. The Morgan fingerprint density at radius 3 is 2.58 bits per heavy atom. The van der Waals surface area contributed by atoms with E-state index in [1.807, 2.05) is 30.9 Å². The molecular weight excluding hydrogens is 420 g/mol. The standard InChI is InChI=1S/C24H26N6O3/c1-3-30-20-18(9-6-12-25-20)21(31)26-24(30)10-13-29(14-11-24)23(33)15(2)19-16-7-4-5-8-17(16)22(32)28-27-19/h4-9,12,15H,3,10-11,13-14H2,1-2H3,(H,26,31)(H,28,32). The molecule has 2 amide bonds. The van der Waals surface area contributed by atoms with Gasteiger partial charge in [0, 0.05) is 44.1 Å². The van der Waals surface area contributed by atoms with Crippen molar-refractivity contribution < 1.29 is 9.59 Å². The third-order valence-corrected chi connectivity index (χ3v) is 6.87. The molecule has 170 valence electrons. The summed E-state index contributed by atoms with van der Waals surface area (Å²) in [5.74, 6) is 0.0188. The number of nitrogens with one attached hydrogen (secondary N) is 2. The van der Waals surface area contributed by atoms with Crippen molar-refractivity contribution in [3.63, 3.8) is 0 Å². The first-order valence-electron chi connectivity index (χ1n) is 11.3. The largest absolute Gasteiger partial charge is 0.342 e. The van der Waals surface area contributed by atoms with Gasteiger partial charge in [0.25, 0.3) is 11.5 Å². The maximum Gasteiger partial charge on any atom is 0.272 e. The number of hydrogen-bond acceptors (Lipinski definition) is 6. The van der Waals surface area contributed by atoms with Crippen LogP contribution in [0.15, 0.2) is 47.4 Å². The van der Waals surface area contributed by atoms with Gasteiger partial charge in [-0.2, -0.15) is 5.10 Å². The van der Waals surface area contributed by atoms with Crippen molar-refractivity contribution in [3.05, 3.63) is 64.2 Å². The van der Waals surface area contributed by atoms with E-state index in [9.17, 15) is 14.4 Å². The number of carbonyl (C=O) groups excluding carboxylic acids is 2. The normalized spacial score (nSPS) is 18.2. The second-order valence-corrected chi connectivity index (χ2v) is 8.64. The first kappa shape index (κ1) is 21.1. The average Bonchev–Trinajstić information content (AvgIpc) is 2.84. The SMILES string of the molecule is CCN1c2ncccc2C(=O)NC12CCN(C(=O)C(C)c1n[nH]c(=O)c3ccccc13)CC2. The predicted octanol–water partition coefficient (Wildman–Crippen LogP) is 2.01. The molecule has 1 unspecified atom stereocenters. The van der Waals surface area contributed by atoms with E-state index in [-0.39, 0.29) is 17.4 Å². The Morgan fingerprint density at radius 1 is 1.12 bits per heavy atom. The molecule has 33 heavy (non-hydrogen) atoms. The van der Waals surface area contributed by atoms with E-state index in [4.69, 9.17) is 0 Å². The van der Waals surface area contributed by atoms with Gasteiger partial charge in [0.1, 0.15) is 11.5 Å². The number of aromatic amines is 1. The number of likely N-dealkylation sites (tertiary alicyclic amines) is 1. The molecule has 3 aromatic rings. The number of carbonyl (C=O) groups is 2. The van der Waals surface area contributed by atoms with Crippen LogP contribution in [0.1, 0.15) is 48.7 Å². The van der Waals surface area contributed by atoms with Crippen molar-refractivity contribution in [1.82, 2.24) is 25.4 Å². The summed E-state index contributed by atoms with van der Waals surface area (Å²) in [6.07, 6.45) is 2.90. The lowest BCUT2D eigenvalue weighted by molar-refractivity contribution is -0.134. The van der Waals surface area contributed by atoms with Gasteiger partial charge in [-0.15, -0.1) is 0 Å². The van der Waals surface area contributed by atoms with E-state index < -0.39 is 11.6 Å². The van der Waals surface area contributed by atoms with Crippen LogP contribution in [0.3, 0.4) is 0 Å². The lowest BCUT2D eigenvalue weighted by atomic mass is 9.90. The van der Waals surface area contributed by atoms with Crippen LogP contribution in [-0.2, 0) is 4.79 Å². The molecule has 1 atom stereocenters. The highest BCUT2D eigenvalue weighted by molar-refractivity contribution is 6.01. The highest BCUT2D eigenvalue weighted by Crippen LogP contribution is 2.36. The van der Waals surface area contributed by atoms with Crippen LogP contribution in [0.5, 0.6) is 0 Å². The molecule has 2 aliphatic heterocycles. The second kappa shape index (κ2) is 7.99. The molecule has 1 saturated heterocycles. The van der Waals surface area contributed by atoms with E-state index in [1.54, 1.807) is 30.5 Å². The molecule has 1 spiro atoms. The van der Waals surface area contributed by atoms with Crippen molar-refractivity contribution >= 4 is 28.4 Å². The third kappa shape index (κ3) is 3.35. The van der Waals surface area contributed by atoms with Crippen LogP contribution < -0.4 is 15.8 Å². The van der Waals surface area contributed by atoms with Gasteiger partial charge in [-0.25, -0.2) is 10.1 Å². The zero-order valence-corrected chi connectivity index (χ0v) is 18.7. The molecule has 5 rings (SSSR count). The van der Waals surface area contributed by atoms with Gasteiger partial charge in [-0.3, -0.25) is 14.4 Å². The first-order chi connectivity index (χ1) is 15.9. The predicted molar refractivity (Wildman–Crippen MR) is 124 cm³/mol. The van der Waals surface area contributed by atoms with E-state index in [2.05, 4.69) is 25.4 Å². The minimum atomic E-state index is -0.559. The monoisotopic (exact) mass is 446 g/mol. The van der Waals surface area contributed by atoms with Crippen LogP contribution in [0.25, 0.3) is 10.8 Å². The molecule has 1 aromatic carbocycles. The number of piperidine rings is 1. The Labute approximate surface area is 190 Å². The minimum absolute atomic E-state index is 0.0433. The molecule has 0 saturated carbocycles. The van der Waals surface area contributed by atoms with Gasteiger partial charge in [0.2, 0.25) is 5.91 Å². The molecule has 0 bridgehead atoms. The summed E-state index contributed by atoms with van der Waals surface area (Å²) in [6.45, 7) is 5.57. The Hall–Kier alpha value is -3.75. The van der Waals surface area contributed by atoms with E-state index in [0.717, 1.165) is 0 Å². The van der Waals surface area contributed by atoms with Crippen molar-refractivity contribution in [2.75, 3.05) is 24.5 Å². The zero-order valence-electron chi connectivity index (χ0n) is 18.7. The molecule has 0 aliphatic carbocycles. The molecule has 4 heterocycles. The zero-order chi connectivity index (χ0) is 23.2. The maximum atomic E-state index is 13.4. The molecule has 9 nitrogen and oxygen atoms in total. The van der Waals surface area contributed by atoms with E-state index in [1.165, 1.54) is 0 Å². The van der Waals surface area contributed by atoms with Crippen LogP contribution in [0.2, 0.25) is 0 Å². The molecule has 2 aliphatic rings. The van der Waals surface area contributed by atoms with E-state index in [0.29, 0.717) is 60.3 Å². The second-order valence-electron chi connectivity index (χ2n) is 8.64. The minimum Gasteiger partial charge on any atom is -0.342 e. The third-order valence-electron chi connectivity index (χ3n) is 6.87. The topological polar surface area (TPSA) is 111 Å². The summed E-state index contributed by atoms with van der Waals surface area (Å²) < 4.78 is 0. The summed E-state index contributed by atoms with van der Waals surface area (Å²) in [6, 6.07) is 10.7. The van der Waals surface area contributed by atoms with Gasteiger partial charge in [0.15, 0.2) is 0 Å². The van der Waals surface area contributed by atoms with Crippen LogP contribution in [0.4, 0.5) is 5.82 Å². The van der Waals surface area contributed by atoms with Crippen molar-refractivity contribution in [2.45, 2.75) is 38.3 Å². The molecule has 1 fully saturated rings. The molecule has 2 N–H and O–H groups in total. The molecular formula is C24H26N6O3. The van der Waals surface area contributed by atoms with Crippen molar-refractivity contribution in [2.24, 2.45) is 0 Å². The number of nitrogens with zero attached hydrogens (tertiary/aromatic N) is 4. The number of pyridine rings is 1. The number of fused-ring (bicyclic) bond motifs is 2. The maximum absolute atomic E-state index is 13.4. The summed E-state index contributed by atoms with van der Waals surface area (Å²) in [5.41, 5.74) is 0.314. The molecule has 9 heteroatoms. The number of rotatable bonds is 3. The quantitative estimate of drug-likeness (QED) is 0.637. The van der Waals surface area contributed by atoms with Crippen molar-refractivity contribution in [3.8, 4) is 0 Å². The highest BCUT2D eigenvalue weighted by atomic mass is 16.2. The fourth-order valence-corrected chi connectivity index (χ4v) is 5.14. The summed E-state index contributed by atoms with van der Waals surface area (Å²) in [7, 11) is 0. The molecule has 2 aromatic heterocycles. The lowest BCUT2D eigenvalue weighted by Gasteiger charge is -2.52. The Balaban J connectivity index is 1.38. The number of hydrogen-bond donors (Lipinski definition) is 2. The Morgan fingerprint density at radius 2 is 1.85 bits per heavy atom. The fourth-order valence-electron chi connectivity index (χ4n) is 5.14. The lowest BCUT2D eigenvalue weighted by Crippen LogP contribution is -2.68. The summed E-state index contributed by atoms with van der Waals surface area (Å²) in [4.78, 5) is 46.7. The average molecular weight is 447 g/mol. The van der Waals surface area contributed by atoms with Gasteiger partial charge < -0.3 is 15.1 Å². The molecule has 0 radical (unpaired) electrons. The van der Waals surface area contributed by atoms with Crippen LogP contribution in [-0.4, -0.2) is 57.2 Å². The Bertz CT molecular complexity index is 1290. The Kier molecular flexibility index (Phi) is 5.11. The number of amides is 2. The summed E-state index contributed by atoms with van der Waals surface area (Å²) in [5, 5.41) is 11.1. The highest BCUT2D eigenvalue weighted by Gasteiger charge is 2.46. The van der Waals surface area contributed by atoms with Gasteiger partial charge in [-0.05, 0) is 32.0 Å². The fraction of sp³-hybridized carbons (Fsp3) is 0.375. The van der Waals surface area contributed by atoms with Crippen LogP contribution >= 0.6 is 0 Å². The van der Waals surface area contributed by atoms with Crippen LogP contribution in [0, 0.1) is 0 Å². The summed E-state index contributed by atoms with van der Waals surface area (Å²) >= 11 is 0. The number of benzene rings is 1. The smallest absolute Gasteiger partial charge is 0.272 e. The van der Waals surface area contributed by atoms with Gasteiger partial charge in [-0.1, -0.05) is 18.2 Å². The number of H-pyrrole nitrogens is 1. The van der Waals surface area contributed by atoms with E-state index >= 15 is 0 Å². The number of aromatic nitrogens is 3. The first-order valence-corrected chi connectivity index (χ1v) is 11.3. The van der Waals surface area contributed by atoms with Crippen molar-refractivity contribution in [1.29, 1.82) is 0 Å².